The van der Waals surface area contributed by atoms with Gasteiger partial charge in [-0.1, -0.05) is 6.92 Å². The Morgan fingerprint density at radius 2 is 2.11 bits per heavy atom. The third-order valence-electron chi connectivity index (χ3n) is 5.46. The zero-order valence-corrected chi connectivity index (χ0v) is 11.8. The van der Waals surface area contributed by atoms with E-state index in [4.69, 9.17) is 4.74 Å². The van der Waals surface area contributed by atoms with E-state index in [9.17, 15) is 0 Å². The quantitative estimate of drug-likeness (QED) is 0.812. The highest BCUT2D eigenvalue weighted by molar-refractivity contribution is 4.93. The standard InChI is InChI=1S/C15H28N2O/c1-13-3-2-7-16-14(13)11-17-8-4-15(12-17)5-9-18-10-6-15/h13-14,16H,2-12H2,1H3. The van der Waals surface area contributed by atoms with Crippen LogP contribution in [0.25, 0.3) is 0 Å². The molecule has 3 nitrogen and oxygen atoms in total. The summed E-state index contributed by atoms with van der Waals surface area (Å²) in [5.41, 5.74) is 0.607. The summed E-state index contributed by atoms with van der Waals surface area (Å²) in [5.74, 6) is 0.852. The van der Waals surface area contributed by atoms with E-state index in [1.807, 2.05) is 0 Å². The summed E-state index contributed by atoms with van der Waals surface area (Å²) < 4.78 is 5.53. The Hall–Kier alpha value is -0.120. The van der Waals surface area contributed by atoms with Gasteiger partial charge in [0, 0.05) is 32.3 Å². The van der Waals surface area contributed by atoms with Crippen molar-refractivity contribution in [3.8, 4) is 0 Å². The average molecular weight is 252 g/mol. The Morgan fingerprint density at radius 1 is 1.28 bits per heavy atom. The van der Waals surface area contributed by atoms with Crippen LogP contribution in [0.15, 0.2) is 0 Å². The van der Waals surface area contributed by atoms with Crippen LogP contribution in [0.1, 0.15) is 39.0 Å². The van der Waals surface area contributed by atoms with E-state index in [-0.39, 0.29) is 0 Å². The zero-order valence-electron chi connectivity index (χ0n) is 11.8. The zero-order chi connectivity index (χ0) is 12.4. The summed E-state index contributed by atoms with van der Waals surface area (Å²) in [4.78, 5) is 2.71. The predicted octanol–water partition coefficient (Wildman–Crippen LogP) is 1.88. The lowest BCUT2D eigenvalue weighted by Gasteiger charge is -2.36. The van der Waals surface area contributed by atoms with E-state index in [0.29, 0.717) is 5.41 Å². The molecule has 3 aliphatic rings. The number of nitrogens with zero attached hydrogens (tertiary/aromatic N) is 1. The van der Waals surface area contributed by atoms with Crippen molar-refractivity contribution in [2.45, 2.75) is 45.1 Å². The Kier molecular flexibility index (Phi) is 3.92. The summed E-state index contributed by atoms with van der Waals surface area (Å²) in [5, 5.41) is 3.72. The van der Waals surface area contributed by atoms with Gasteiger partial charge in [0.05, 0.1) is 0 Å². The van der Waals surface area contributed by atoms with E-state index in [2.05, 4.69) is 17.1 Å². The third-order valence-corrected chi connectivity index (χ3v) is 5.46. The lowest BCUT2D eigenvalue weighted by molar-refractivity contribution is 0.0185. The first-order valence-electron chi connectivity index (χ1n) is 7.81. The van der Waals surface area contributed by atoms with E-state index in [0.717, 1.165) is 25.2 Å². The molecule has 0 aromatic heterocycles. The first kappa shape index (κ1) is 12.9. The molecule has 3 heteroatoms. The van der Waals surface area contributed by atoms with Crippen LogP contribution in [0, 0.1) is 11.3 Å². The van der Waals surface area contributed by atoms with Crippen LogP contribution in [0.2, 0.25) is 0 Å². The minimum Gasteiger partial charge on any atom is -0.381 e. The van der Waals surface area contributed by atoms with Crippen LogP contribution in [-0.2, 0) is 4.74 Å². The van der Waals surface area contributed by atoms with Gasteiger partial charge in [-0.05, 0) is 56.5 Å². The molecule has 3 heterocycles. The lowest BCUT2D eigenvalue weighted by atomic mass is 9.80. The minimum atomic E-state index is 0.607. The van der Waals surface area contributed by atoms with Gasteiger partial charge >= 0.3 is 0 Å². The van der Waals surface area contributed by atoms with E-state index in [1.165, 1.54) is 58.3 Å². The molecule has 0 aromatic rings. The van der Waals surface area contributed by atoms with Crippen molar-refractivity contribution < 1.29 is 4.74 Å². The van der Waals surface area contributed by atoms with Gasteiger partial charge in [0.2, 0.25) is 0 Å². The Balaban J connectivity index is 1.52. The van der Waals surface area contributed by atoms with Crippen LogP contribution >= 0.6 is 0 Å². The SMILES string of the molecule is CC1CCCNC1CN1CCC2(CCOCC2)C1. The summed E-state index contributed by atoms with van der Waals surface area (Å²) in [7, 11) is 0. The Labute approximate surface area is 111 Å². The second kappa shape index (κ2) is 5.48. The molecule has 0 amide bonds. The van der Waals surface area contributed by atoms with Crippen molar-refractivity contribution in [1.82, 2.24) is 10.2 Å². The largest absolute Gasteiger partial charge is 0.381 e. The molecule has 3 saturated heterocycles. The number of likely N-dealkylation sites (tertiary alicyclic amines) is 1. The fourth-order valence-corrected chi connectivity index (χ4v) is 4.03. The number of hydrogen-bond donors (Lipinski definition) is 1. The highest BCUT2D eigenvalue weighted by Crippen LogP contribution is 2.39. The maximum absolute atomic E-state index is 5.53. The highest BCUT2D eigenvalue weighted by atomic mass is 16.5. The monoisotopic (exact) mass is 252 g/mol. The molecule has 2 atom stereocenters. The summed E-state index contributed by atoms with van der Waals surface area (Å²) in [6.07, 6.45) is 6.75. The first-order chi connectivity index (χ1) is 8.77. The molecule has 0 radical (unpaired) electrons. The number of hydrogen-bond acceptors (Lipinski definition) is 3. The van der Waals surface area contributed by atoms with Gasteiger partial charge in [0.1, 0.15) is 0 Å². The van der Waals surface area contributed by atoms with Crippen molar-refractivity contribution in [3.05, 3.63) is 0 Å². The molecule has 3 fully saturated rings. The summed E-state index contributed by atoms with van der Waals surface area (Å²) >= 11 is 0. The molecule has 104 valence electrons. The minimum absolute atomic E-state index is 0.607. The number of nitrogens with one attached hydrogen (secondary N) is 1. The molecule has 3 rings (SSSR count). The van der Waals surface area contributed by atoms with Gasteiger partial charge in [0.25, 0.3) is 0 Å². The van der Waals surface area contributed by atoms with E-state index in [1.54, 1.807) is 0 Å². The van der Waals surface area contributed by atoms with Crippen LogP contribution in [0.5, 0.6) is 0 Å². The summed E-state index contributed by atoms with van der Waals surface area (Å²) in [6, 6.07) is 0.730. The fourth-order valence-electron chi connectivity index (χ4n) is 4.03. The molecule has 0 bridgehead atoms. The second-order valence-corrected chi connectivity index (χ2v) is 6.78. The molecule has 1 N–H and O–H groups in total. The predicted molar refractivity (Wildman–Crippen MR) is 73.7 cm³/mol. The molecule has 0 aliphatic carbocycles. The van der Waals surface area contributed by atoms with Crippen LogP contribution < -0.4 is 5.32 Å². The van der Waals surface area contributed by atoms with Gasteiger partial charge in [-0.2, -0.15) is 0 Å². The smallest absolute Gasteiger partial charge is 0.0471 e. The van der Waals surface area contributed by atoms with Crippen molar-refractivity contribution in [2.75, 3.05) is 39.4 Å². The van der Waals surface area contributed by atoms with Crippen molar-refractivity contribution in [2.24, 2.45) is 11.3 Å². The molecule has 18 heavy (non-hydrogen) atoms. The van der Waals surface area contributed by atoms with Crippen molar-refractivity contribution in [3.63, 3.8) is 0 Å². The maximum atomic E-state index is 5.53. The van der Waals surface area contributed by atoms with Crippen molar-refractivity contribution in [1.29, 1.82) is 0 Å². The summed E-state index contributed by atoms with van der Waals surface area (Å²) in [6.45, 7) is 9.52. The Bertz CT molecular complexity index is 276. The number of ether oxygens (including phenoxy) is 1. The average Bonchev–Trinajstić information content (AvgIpc) is 2.76. The van der Waals surface area contributed by atoms with Gasteiger partial charge in [-0.3, -0.25) is 0 Å². The molecule has 0 aromatic carbocycles. The van der Waals surface area contributed by atoms with E-state index >= 15 is 0 Å². The Morgan fingerprint density at radius 3 is 2.89 bits per heavy atom. The van der Waals surface area contributed by atoms with Gasteiger partial charge in [-0.25, -0.2) is 0 Å². The molecule has 1 spiro atoms. The van der Waals surface area contributed by atoms with Crippen LogP contribution in [0.4, 0.5) is 0 Å². The number of piperidine rings is 1. The third kappa shape index (κ3) is 2.73. The van der Waals surface area contributed by atoms with Gasteiger partial charge in [-0.15, -0.1) is 0 Å². The molecule has 2 unspecified atom stereocenters. The molecular formula is C15H28N2O. The molecule has 0 saturated carbocycles. The van der Waals surface area contributed by atoms with Gasteiger partial charge < -0.3 is 15.0 Å². The molecular weight excluding hydrogens is 224 g/mol. The lowest BCUT2D eigenvalue weighted by Crippen LogP contribution is -2.48. The van der Waals surface area contributed by atoms with Crippen LogP contribution in [0.3, 0.4) is 0 Å². The second-order valence-electron chi connectivity index (χ2n) is 6.78. The van der Waals surface area contributed by atoms with Crippen molar-refractivity contribution >= 4 is 0 Å². The van der Waals surface area contributed by atoms with Gasteiger partial charge in [0.15, 0.2) is 0 Å². The topological polar surface area (TPSA) is 24.5 Å². The highest BCUT2D eigenvalue weighted by Gasteiger charge is 2.40. The number of rotatable bonds is 2. The normalized spacial score (nSPS) is 37.2. The van der Waals surface area contributed by atoms with E-state index < -0.39 is 0 Å². The molecule has 3 aliphatic heterocycles. The maximum Gasteiger partial charge on any atom is 0.0471 e. The fraction of sp³-hybridized carbons (Fsp3) is 1.00. The van der Waals surface area contributed by atoms with Crippen LogP contribution in [-0.4, -0.2) is 50.3 Å². The first-order valence-corrected chi connectivity index (χ1v) is 7.81.